The Balaban J connectivity index is 2.09. The van der Waals surface area contributed by atoms with E-state index in [9.17, 15) is 4.79 Å². The van der Waals surface area contributed by atoms with Crippen LogP contribution in [-0.4, -0.2) is 5.91 Å². The average Bonchev–Trinajstić information content (AvgIpc) is 2.38. The lowest BCUT2D eigenvalue weighted by atomic mass is 10.1. The molecule has 0 fully saturated rings. The van der Waals surface area contributed by atoms with E-state index in [2.05, 4.69) is 5.32 Å². The molecule has 0 aliphatic heterocycles. The molecule has 3 N–H and O–H groups in total. The highest BCUT2D eigenvalue weighted by Gasteiger charge is 2.08. The molecule has 0 spiro atoms. The number of nitrogens with two attached hydrogens (primary N) is 1. The number of hydrogen-bond donors (Lipinski definition) is 2. The number of nitrogens with one attached hydrogen (secondary N) is 1. The molecule has 0 saturated heterocycles. The van der Waals surface area contributed by atoms with Gasteiger partial charge in [0.05, 0.1) is 27.2 Å². The van der Waals surface area contributed by atoms with E-state index in [1.807, 2.05) is 0 Å². The number of nitrogen functional groups attached to an aromatic ring is 1. The van der Waals surface area contributed by atoms with Crippen LogP contribution in [0.5, 0.6) is 0 Å². The Labute approximate surface area is 131 Å². The van der Waals surface area contributed by atoms with Gasteiger partial charge in [-0.15, -0.1) is 0 Å². The van der Waals surface area contributed by atoms with Crippen LogP contribution >= 0.6 is 34.8 Å². The maximum atomic E-state index is 12.0. The highest BCUT2D eigenvalue weighted by atomic mass is 35.5. The molecule has 0 aliphatic carbocycles. The summed E-state index contributed by atoms with van der Waals surface area (Å²) in [6.45, 7) is 0. The highest BCUT2D eigenvalue weighted by molar-refractivity contribution is 6.42. The topological polar surface area (TPSA) is 55.1 Å². The van der Waals surface area contributed by atoms with E-state index < -0.39 is 0 Å². The van der Waals surface area contributed by atoms with Gasteiger partial charge in [-0.1, -0.05) is 40.9 Å². The van der Waals surface area contributed by atoms with Gasteiger partial charge in [0, 0.05) is 5.69 Å². The Morgan fingerprint density at radius 2 is 1.70 bits per heavy atom. The first-order chi connectivity index (χ1) is 9.45. The van der Waals surface area contributed by atoms with Gasteiger partial charge in [-0.25, -0.2) is 0 Å². The van der Waals surface area contributed by atoms with Crippen LogP contribution in [0.25, 0.3) is 0 Å². The first-order valence-corrected chi connectivity index (χ1v) is 6.88. The Bertz CT molecular complexity index is 659. The molecule has 0 atom stereocenters. The largest absolute Gasteiger partial charge is 0.399 e. The molecule has 104 valence electrons. The van der Waals surface area contributed by atoms with Crippen molar-refractivity contribution in [2.45, 2.75) is 6.42 Å². The highest BCUT2D eigenvalue weighted by Crippen LogP contribution is 2.25. The molecule has 0 radical (unpaired) electrons. The van der Waals surface area contributed by atoms with Gasteiger partial charge in [0.25, 0.3) is 0 Å². The van der Waals surface area contributed by atoms with Crippen molar-refractivity contribution in [3.8, 4) is 0 Å². The molecule has 0 unspecified atom stereocenters. The van der Waals surface area contributed by atoms with Crippen molar-refractivity contribution in [1.82, 2.24) is 0 Å². The van der Waals surface area contributed by atoms with Crippen molar-refractivity contribution in [2.24, 2.45) is 0 Å². The van der Waals surface area contributed by atoms with Gasteiger partial charge >= 0.3 is 0 Å². The lowest BCUT2D eigenvalue weighted by Gasteiger charge is -2.08. The zero-order chi connectivity index (χ0) is 14.7. The number of hydrogen-bond acceptors (Lipinski definition) is 2. The van der Waals surface area contributed by atoms with Crippen molar-refractivity contribution in [3.63, 3.8) is 0 Å². The molecule has 1 amide bonds. The molecule has 0 saturated carbocycles. The predicted octanol–water partition coefficient (Wildman–Crippen LogP) is 4.41. The second-order valence-corrected chi connectivity index (χ2v) is 5.43. The zero-order valence-corrected chi connectivity index (χ0v) is 12.6. The number of benzene rings is 2. The summed E-state index contributed by atoms with van der Waals surface area (Å²) in [7, 11) is 0. The number of carbonyl (C=O) groups is 1. The fraction of sp³-hybridized carbons (Fsp3) is 0.0714. The fourth-order valence-corrected chi connectivity index (χ4v) is 2.15. The van der Waals surface area contributed by atoms with Crippen LogP contribution in [0, 0.1) is 0 Å². The predicted molar refractivity (Wildman–Crippen MR) is 84.7 cm³/mol. The third kappa shape index (κ3) is 3.79. The third-order valence-corrected chi connectivity index (χ3v) is 3.68. The molecular formula is C14H11Cl3N2O. The summed E-state index contributed by atoms with van der Waals surface area (Å²) in [6, 6.07) is 9.96. The monoisotopic (exact) mass is 328 g/mol. The first-order valence-electron chi connectivity index (χ1n) is 5.74. The van der Waals surface area contributed by atoms with Gasteiger partial charge in [0.2, 0.25) is 5.91 Å². The van der Waals surface area contributed by atoms with Crippen LogP contribution in [-0.2, 0) is 11.2 Å². The summed E-state index contributed by atoms with van der Waals surface area (Å²) in [5, 5.41) is 4.01. The van der Waals surface area contributed by atoms with Gasteiger partial charge < -0.3 is 11.1 Å². The fourth-order valence-electron chi connectivity index (χ4n) is 1.67. The molecule has 0 aliphatic rings. The Kier molecular flexibility index (Phi) is 4.76. The second-order valence-electron chi connectivity index (χ2n) is 4.21. The molecule has 0 aromatic heterocycles. The molecule has 6 heteroatoms. The zero-order valence-electron chi connectivity index (χ0n) is 10.3. The SMILES string of the molecule is Nc1ccc(Cl)c(NC(=O)Cc2ccc(Cl)c(Cl)c2)c1. The van der Waals surface area contributed by atoms with Crippen molar-refractivity contribution in [3.05, 3.63) is 57.0 Å². The number of carbonyl (C=O) groups excluding carboxylic acids is 1. The Morgan fingerprint density at radius 1 is 1.00 bits per heavy atom. The summed E-state index contributed by atoms with van der Waals surface area (Å²) in [6.07, 6.45) is 0.169. The number of amides is 1. The summed E-state index contributed by atoms with van der Waals surface area (Å²) < 4.78 is 0. The normalized spacial score (nSPS) is 10.3. The number of anilines is 2. The van der Waals surface area contributed by atoms with Gasteiger partial charge in [-0.2, -0.15) is 0 Å². The second kappa shape index (κ2) is 6.35. The molecule has 20 heavy (non-hydrogen) atoms. The lowest BCUT2D eigenvalue weighted by Crippen LogP contribution is -2.14. The summed E-state index contributed by atoms with van der Waals surface area (Å²) in [5.74, 6) is -0.212. The van der Waals surface area contributed by atoms with Crippen LogP contribution < -0.4 is 11.1 Å². The van der Waals surface area contributed by atoms with E-state index in [4.69, 9.17) is 40.5 Å². The Hall–Kier alpha value is -1.42. The molecule has 2 aromatic rings. The van der Waals surface area contributed by atoms with Gasteiger partial charge in [-0.3, -0.25) is 4.79 Å². The number of rotatable bonds is 3. The van der Waals surface area contributed by atoms with E-state index >= 15 is 0 Å². The molecular weight excluding hydrogens is 319 g/mol. The van der Waals surface area contributed by atoms with Crippen LogP contribution in [0.2, 0.25) is 15.1 Å². The van der Waals surface area contributed by atoms with Crippen molar-refractivity contribution in [1.29, 1.82) is 0 Å². The maximum absolute atomic E-state index is 12.0. The van der Waals surface area contributed by atoms with Crippen molar-refractivity contribution in [2.75, 3.05) is 11.1 Å². The summed E-state index contributed by atoms with van der Waals surface area (Å²) in [5.41, 5.74) is 7.42. The van der Waals surface area contributed by atoms with E-state index in [-0.39, 0.29) is 12.3 Å². The lowest BCUT2D eigenvalue weighted by molar-refractivity contribution is -0.115. The number of halogens is 3. The van der Waals surface area contributed by atoms with E-state index in [1.165, 1.54) is 0 Å². The molecule has 2 aromatic carbocycles. The van der Waals surface area contributed by atoms with Gasteiger partial charge in [0.15, 0.2) is 0 Å². The van der Waals surface area contributed by atoms with Crippen LogP contribution in [0.4, 0.5) is 11.4 Å². The van der Waals surface area contributed by atoms with Gasteiger partial charge in [0.1, 0.15) is 0 Å². The minimum Gasteiger partial charge on any atom is -0.399 e. The standard InChI is InChI=1S/C14H11Cl3N2O/c15-10-3-1-8(5-12(10)17)6-14(20)19-13-7-9(18)2-4-11(13)16/h1-5,7H,6,18H2,(H,19,20). The average molecular weight is 330 g/mol. The quantitative estimate of drug-likeness (QED) is 0.819. The van der Waals surface area contributed by atoms with E-state index in [0.717, 1.165) is 5.56 Å². The molecule has 0 bridgehead atoms. The van der Waals surface area contributed by atoms with Gasteiger partial charge in [-0.05, 0) is 35.9 Å². The smallest absolute Gasteiger partial charge is 0.228 e. The molecule has 0 heterocycles. The van der Waals surface area contributed by atoms with Crippen molar-refractivity contribution >= 4 is 52.1 Å². The van der Waals surface area contributed by atoms with Crippen LogP contribution in [0.15, 0.2) is 36.4 Å². The maximum Gasteiger partial charge on any atom is 0.228 e. The molecule has 2 rings (SSSR count). The first kappa shape index (κ1) is 15.0. The third-order valence-electron chi connectivity index (χ3n) is 2.61. The molecule has 3 nitrogen and oxygen atoms in total. The van der Waals surface area contributed by atoms with Crippen molar-refractivity contribution < 1.29 is 4.79 Å². The minimum absolute atomic E-state index is 0.169. The van der Waals surface area contributed by atoms with E-state index in [1.54, 1.807) is 36.4 Å². The van der Waals surface area contributed by atoms with Crippen LogP contribution in [0.3, 0.4) is 0 Å². The minimum atomic E-state index is -0.212. The summed E-state index contributed by atoms with van der Waals surface area (Å²) >= 11 is 17.7. The Morgan fingerprint density at radius 3 is 2.40 bits per heavy atom. The summed E-state index contributed by atoms with van der Waals surface area (Å²) in [4.78, 5) is 12.0. The van der Waals surface area contributed by atoms with Crippen LogP contribution in [0.1, 0.15) is 5.56 Å². The van der Waals surface area contributed by atoms with E-state index in [0.29, 0.717) is 26.4 Å².